The van der Waals surface area contributed by atoms with Gasteiger partial charge in [0.1, 0.15) is 0 Å². The fraction of sp³-hybridized carbons (Fsp3) is 0.538. The van der Waals surface area contributed by atoms with Crippen molar-refractivity contribution in [2.45, 2.75) is 26.7 Å². The molecule has 0 saturated carbocycles. The van der Waals surface area contributed by atoms with Crippen LogP contribution in [0.1, 0.15) is 25.5 Å². The summed E-state index contributed by atoms with van der Waals surface area (Å²) in [7, 11) is -3.54. The third kappa shape index (κ3) is 2.86. The summed E-state index contributed by atoms with van der Waals surface area (Å²) in [4.78, 5) is 4.07. The van der Waals surface area contributed by atoms with Crippen LogP contribution in [0.3, 0.4) is 0 Å². The molecule has 1 N–H and O–H groups in total. The first-order valence-electron chi connectivity index (χ1n) is 6.95. The first-order chi connectivity index (χ1) is 9.95. The van der Waals surface area contributed by atoms with E-state index in [1.165, 1.54) is 10.5 Å². The molecule has 0 bridgehead atoms. The second-order valence-electron chi connectivity index (χ2n) is 5.56. The van der Waals surface area contributed by atoms with Crippen LogP contribution in [0.25, 0.3) is 11.1 Å². The summed E-state index contributed by atoms with van der Waals surface area (Å²) in [5, 5.41) is 4.52. The van der Waals surface area contributed by atoms with Gasteiger partial charge in [0.25, 0.3) is 5.71 Å². The highest BCUT2D eigenvalue weighted by molar-refractivity contribution is 7.90. The van der Waals surface area contributed by atoms with E-state index in [1.807, 2.05) is 0 Å². The average molecular weight is 310 g/mol. The van der Waals surface area contributed by atoms with Crippen molar-refractivity contribution in [2.75, 3.05) is 17.8 Å². The van der Waals surface area contributed by atoms with E-state index < -0.39 is 10.2 Å². The fourth-order valence-corrected chi connectivity index (χ4v) is 3.94. The van der Waals surface area contributed by atoms with Gasteiger partial charge in [0.2, 0.25) is 0 Å². The van der Waals surface area contributed by atoms with Crippen LogP contribution in [0.5, 0.6) is 0 Å². The Labute approximate surface area is 123 Å². The zero-order valence-corrected chi connectivity index (χ0v) is 12.9. The van der Waals surface area contributed by atoms with Gasteiger partial charge in [-0.1, -0.05) is 12.1 Å². The third-order valence-corrected chi connectivity index (χ3v) is 5.22. The highest BCUT2D eigenvalue weighted by Gasteiger charge is 2.27. The fourth-order valence-electron chi connectivity index (χ4n) is 2.58. The van der Waals surface area contributed by atoms with Gasteiger partial charge in [-0.25, -0.2) is 4.98 Å². The van der Waals surface area contributed by atoms with E-state index in [1.54, 1.807) is 13.0 Å². The number of fused-ring (bicyclic) bond motifs is 1. The van der Waals surface area contributed by atoms with Gasteiger partial charge in [0, 0.05) is 13.1 Å². The Morgan fingerprint density at radius 3 is 3.05 bits per heavy atom. The number of aryl methyl sites for hydroxylation is 1. The molecule has 7 nitrogen and oxygen atoms in total. The van der Waals surface area contributed by atoms with E-state index in [-0.39, 0.29) is 0 Å². The summed E-state index contributed by atoms with van der Waals surface area (Å²) in [6.07, 6.45) is 3.40. The Morgan fingerprint density at radius 1 is 1.48 bits per heavy atom. The predicted octanol–water partition coefficient (Wildman–Crippen LogP) is 1.92. The summed E-state index contributed by atoms with van der Waals surface area (Å²) >= 11 is 0. The van der Waals surface area contributed by atoms with E-state index >= 15 is 0 Å². The zero-order chi connectivity index (χ0) is 15.0. The van der Waals surface area contributed by atoms with Crippen LogP contribution in [0, 0.1) is 12.8 Å². The van der Waals surface area contributed by atoms with Crippen molar-refractivity contribution in [1.82, 2.24) is 14.4 Å². The maximum atomic E-state index is 12.4. The van der Waals surface area contributed by atoms with Gasteiger partial charge in [0.05, 0.1) is 23.0 Å². The molecule has 8 heteroatoms. The molecule has 3 rings (SSSR count). The number of rotatable bonds is 3. The number of hydrogen-bond acceptors (Lipinski definition) is 5. The minimum Gasteiger partial charge on any atom is -0.336 e. The van der Waals surface area contributed by atoms with Gasteiger partial charge in [-0.05, 0) is 31.7 Å². The Balaban J connectivity index is 1.84. The first kappa shape index (κ1) is 14.3. The monoisotopic (exact) mass is 310 g/mol. The molecule has 1 fully saturated rings. The topological polar surface area (TPSA) is 88.3 Å². The smallest absolute Gasteiger partial charge is 0.301 e. The Bertz CT molecular complexity index is 756. The minimum absolute atomic E-state index is 0.385. The lowest BCUT2D eigenvalue weighted by Crippen LogP contribution is -2.42. The number of piperidine rings is 1. The van der Waals surface area contributed by atoms with Crippen LogP contribution in [-0.4, -0.2) is 36.0 Å². The molecule has 1 saturated heterocycles. The van der Waals surface area contributed by atoms with Crippen LogP contribution in [-0.2, 0) is 10.2 Å². The van der Waals surface area contributed by atoms with Gasteiger partial charge in [0.15, 0.2) is 0 Å². The molecule has 1 aliphatic heterocycles. The molecule has 3 heterocycles. The number of nitrogens with one attached hydrogen (secondary N) is 1. The summed E-state index contributed by atoms with van der Waals surface area (Å²) < 4.78 is 33.9. The van der Waals surface area contributed by atoms with Crippen LogP contribution in [0.4, 0.5) is 5.69 Å². The number of hydrogen-bond donors (Lipinski definition) is 1. The van der Waals surface area contributed by atoms with Crippen molar-refractivity contribution in [3.8, 4) is 0 Å². The molecule has 0 radical (unpaired) electrons. The van der Waals surface area contributed by atoms with Crippen LogP contribution in [0.2, 0.25) is 0 Å². The first-order valence-corrected chi connectivity index (χ1v) is 8.39. The summed E-state index contributed by atoms with van der Waals surface area (Å²) in [5.41, 5.74) is 1.51. The number of aromatic nitrogens is 2. The van der Waals surface area contributed by atoms with Crippen LogP contribution >= 0.6 is 0 Å². The Morgan fingerprint density at radius 2 is 2.29 bits per heavy atom. The zero-order valence-electron chi connectivity index (χ0n) is 12.0. The normalized spacial score (nSPS) is 20.8. The van der Waals surface area contributed by atoms with Gasteiger partial charge in [-0.3, -0.25) is 4.72 Å². The predicted molar refractivity (Wildman–Crippen MR) is 79.1 cm³/mol. The largest absolute Gasteiger partial charge is 0.336 e. The minimum atomic E-state index is -3.54. The molecular formula is C13H18N4O3S. The van der Waals surface area contributed by atoms with E-state index in [0.29, 0.717) is 41.5 Å². The Kier molecular flexibility index (Phi) is 3.58. The molecular weight excluding hydrogens is 292 g/mol. The molecule has 0 aliphatic carbocycles. The molecule has 21 heavy (non-hydrogen) atoms. The number of nitrogens with zero attached hydrogens (tertiary/aromatic N) is 3. The number of pyridine rings is 1. The van der Waals surface area contributed by atoms with Gasteiger partial charge in [-0.15, -0.1) is 0 Å². The summed E-state index contributed by atoms with van der Waals surface area (Å²) in [6, 6.07) is 1.69. The Hall–Kier alpha value is -1.67. The molecule has 114 valence electrons. The quantitative estimate of drug-likeness (QED) is 0.935. The molecule has 0 aromatic carbocycles. The molecule has 2 aromatic heterocycles. The molecule has 1 unspecified atom stereocenters. The van der Waals surface area contributed by atoms with Crippen molar-refractivity contribution < 1.29 is 12.9 Å². The maximum absolute atomic E-state index is 12.4. The van der Waals surface area contributed by atoms with Crippen LogP contribution in [0.15, 0.2) is 16.8 Å². The highest BCUT2D eigenvalue weighted by Crippen LogP contribution is 2.23. The van der Waals surface area contributed by atoms with Crippen molar-refractivity contribution in [3.63, 3.8) is 0 Å². The second kappa shape index (κ2) is 5.27. The summed E-state index contributed by atoms with van der Waals surface area (Å²) in [6.45, 7) is 4.97. The van der Waals surface area contributed by atoms with E-state index in [2.05, 4.69) is 21.8 Å². The molecule has 0 spiro atoms. The molecule has 1 aliphatic rings. The van der Waals surface area contributed by atoms with Gasteiger partial charge < -0.3 is 4.52 Å². The third-order valence-electron chi connectivity index (χ3n) is 3.72. The van der Waals surface area contributed by atoms with Crippen LogP contribution < -0.4 is 4.72 Å². The van der Waals surface area contributed by atoms with E-state index in [0.717, 1.165) is 12.8 Å². The van der Waals surface area contributed by atoms with Gasteiger partial charge >= 0.3 is 10.2 Å². The van der Waals surface area contributed by atoms with E-state index in [9.17, 15) is 8.42 Å². The standard InChI is InChI=1S/C13H18N4O3S/c1-9-4-3-5-17(8-9)21(18,19)16-11-6-12-10(2)15-20-13(12)14-7-11/h6-7,9,16H,3-5,8H2,1-2H3. The molecule has 1 atom stereocenters. The van der Waals surface area contributed by atoms with Crippen molar-refractivity contribution in [2.24, 2.45) is 5.92 Å². The number of anilines is 1. The lowest BCUT2D eigenvalue weighted by Gasteiger charge is -2.30. The second-order valence-corrected chi connectivity index (χ2v) is 7.23. The van der Waals surface area contributed by atoms with Crippen molar-refractivity contribution in [3.05, 3.63) is 18.0 Å². The molecule has 2 aromatic rings. The lowest BCUT2D eigenvalue weighted by atomic mass is 10.0. The maximum Gasteiger partial charge on any atom is 0.301 e. The SMILES string of the molecule is Cc1noc2ncc(NS(=O)(=O)N3CCCC(C)C3)cc12. The summed E-state index contributed by atoms with van der Waals surface area (Å²) in [5.74, 6) is 0.385. The molecule has 0 amide bonds. The average Bonchev–Trinajstić information content (AvgIpc) is 2.80. The van der Waals surface area contributed by atoms with Crippen molar-refractivity contribution >= 4 is 27.0 Å². The highest BCUT2D eigenvalue weighted by atomic mass is 32.2. The van der Waals surface area contributed by atoms with E-state index in [4.69, 9.17) is 4.52 Å². The van der Waals surface area contributed by atoms with Crippen molar-refractivity contribution in [1.29, 1.82) is 0 Å². The lowest BCUT2D eigenvalue weighted by molar-refractivity contribution is 0.282. The van der Waals surface area contributed by atoms with Gasteiger partial charge in [-0.2, -0.15) is 12.7 Å².